The molecule has 8 N–H and O–H groups in total. The molecule has 2 heterocycles. The number of amides is 3. The van der Waals surface area contributed by atoms with Crippen molar-refractivity contribution in [3.8, 4) is 0 Å². The fraction of sp³-hybridized carbons (Fsp3) is 0.304. The SMILES string of the molecule is NC(Cc1cnc[nH]1)C(=O)NCC(=O)NC(Cc1cnc[nH]1)C(=O)NC(Cc1ccccc1)C(=O)O. The first-order valence-corrected chi connectivity index (χ1v) is 11.2. The number of nitrogens with zero attached hydrogens (tertiary/aromatic N) is 2. The Morgan fingerprint density at radius 3 is 2.08 bits per heavy atom. The number of carbonyl (C=O) groups excluding carboxylic acids is 3. The maximum absolute atomic E-state index is 13.0. The number of H-pyrrole nitrogens is 2. The van der Waals surface area contributed by atoms with Gasteiger partial charge in [0.15, 0.2) is 0 Å². The van der Waals surface area contributed by atoms with Crippen LogP contribution >= 0.6 is 0 Å². The van der Waals surface area contributed by atoms with Gasteiger partial charge in [0.25, 0.3) is 0 Å². The van der Waals surface area contributed by atoms with Gasteiger partial charge in [0, 0.05) is 43.0 Å². The van der Waals surface area contributed by atoms with Crippen LogP contribution in [0.5, 0.6) is 0 Å². The molecule has 0 saturated heterocycles. The second-order valence-electron chi connectivity index (χ2n) is 8.10. The van der Waals surface area contributed by atoms with Gasteiger partial charge in [0.2, 0.25) is 17.7 Å². The number of rotatable bonds is 13. The van der Waals surface area contributed by atoms with E-state index in [4.69, 9.17) is 5.73 Å². The molecule has 190 valence electrons. The van der Waals surface area contributed by atoms with Crippen molar-refractivity contribution in [2.24, 2.45) is 5.73 Å². The standard InChI is InChI=1S/C23H28N8O5/c24-17(7-15-9-25-12-28-15)21(33)27-11-20(32)30-18(8-16-10-26-13-29-16)22(34)31-19(23(35)36)6-14-4-2-1-3-5-14/h1-5,9-10,12-13,17-19H,6-8,11,24H2,(H,25,28)(H,26,29)(H,27,33)(H,30,32)(H,31,34)(H,35,36). The van der Waals surface area contributed by atoms with Gasteiger partial charge in [0.05, 0.1) is 25.2 Å². The van der Waals surface area contributed by atoms with Crippen LogP contribution in [0.2, 0.25) is 0 Å². The lowest BCUT2D eigenvalue weighted by Gasteiger charge is -2.21. The third-order valence-corrected chi connectivity index (χ3v) is 5.28. The molecule has 3 rings (SSSR count). The molecule has 13 heteroatoms. The Hall–Kier alpha value is -4.52. The van der Waals surface area contributed by atoms with Gasteiger partial charge in [-0.3, -0.25) is 14.4 Å². The van der Waals surface area contributed by atoms with Crippen molar-refractivity contribution in [2.45, 2.75) is 37.4 Å². The summed E-state index contributed by atoms with van der Waals surface area (Å²) in [6.45, 7) is -0.422. The van der Waals surface area contributed by atoms with Crippen molar-refractivity contribution in [1.29, 1.82) is 0 Å². The van der Waals surface area contributed by atoms with E-state index >= 15 is 0 Å². The van der Waals surface area contributed by atoms with Crippen LogP contribution in [-0.4, -0.2) is 73.4 Å². The highest BCUT2D eigenvalue weighted by molar-refractivity contribution is 5.92. The Morgan fingerprint density at radius 1 is 0.861 bits per heavy atom. The molecule has 13 nitrogen and oxygen atoms in total. The number of hydrogen-bond donors (Lipinski definition) is 7. The Kier molecular flexibility index (Phi) is 9.28. The van der Waals surface area contributed by atoms with Crippen LogP contribution in [0.4, 0.5) is 0 Å². The van der Waals surface area contributed by atoms with E-state index in [1.165, 1.54) is 18.9 Å². The molecule has 1 aromatic carbocycles. The zero-order chi connectivity index (χ0) is 25.9. The number of aromatic nitrogens is 4. The molecule has 0 saturated carbocycles. The number of aromatic amines is 2. The largest absolute Gasteiger partial charge is 0.480 e. The molecule has 3 amide bonds. The number of carboxylic acid groups (broad SMARTS) is 1. The van der Waals surface area contributed by atoms with Crippen molar-refractivity contribution < 1.29 is 24.3 Å². The normalized spacial score (nSPS) is 13.2. The highest BCUT2D eigenvalue weighted by Crippen LogP contribution is 2.05. The van der Waals surface area contributed by atoms with E-state index in [-0.39, 0.29) is 19.3 Å². The molecular formula is C23H28N8O5. The van der Waals surface area contributed by atoms with Crippen molar-refractivity contribution >= 4 is 23.7 Å². The minimum Gasteiger partial charge on any atom is -0.480 e. The average Bonchev–Trinajstić information content (AvgIpc) is 3.56. The molecule has 3 aromatic rings. The van der Waals surface area contributed by atoms with Crippen LogP contribution in [0.15, 0.2) is 55.4 Å². The zero-order valence-electron chi connectivity index (χ0n) is 19.3. The Bertz CT molecular complexity index is 1130. The maximum atomic E-state index is 13.0. The maximum Gasteiger partial charge on any atom is 0.326 e. The van der Waals surface area contributed by atoms with Gasteiger partial charge in [-0.05, 0) is 5.56 Å². The van der Waals surface area contributed by atoms with Crippen molar-refractivity contribution in [3.05, 3.63) is 72.3 Å². The number of nitrogens with two attached hydrogens (primary N) is 1. The Balaban J connectivity index is 1.59. The third kappa shape index (κ3) is 8.06. The number of nitrogens with one attached hydrogen (secondary N) is 5. The van der Waals surface area contributed by atoms with E-state index in [9.17, 15) is 24.3 Å². The van der Waals surface area contributed by atoms with Crippen LogP contribution in [0.1, 0.15) is 17.0 Å². The predicted molar refractivity (Wildman–Crippen MR) is 127 cm³/mol. The number of imidazole rings is 2. The summed E-state index contributed by atoms with van der Waals surface area (Å²) in [6.07, 6.45) is 6.22. The lowest BCUT2D eigenvalue weighted by atomic mass is 10.0. The van der Waals surface area contributed by atoms with Gasteiger partial charge in [-0.1, -0.05) is 30.3 Å². The molecule has 2 aromatic heterocycles. The summed E-state index contributed by atoms with van der Waals surface area (Å²) >= 11 is 0. The molecule has 36 heavy (non-hydrogen) atoms. The molecule has 0 radical (unpaired) electrons. The van der Waals surface area contributed by atoms with Crippen LogP contribution in [0.25, 0.3) is 0 Å². The molecule has 0 aliphatic rings. The zero-order valence-corrected chi connectivity index (χ0v) is 19.3. The van der Waals surface area contributed by atoms with E-state index in [1.807, 2.05) is 0 Å². The van der Waals surface area contributed by atoms with Crippen LogP contribution in [-0.2, 0) is 38.4 Å². The third-order valence-electron chi connectivity index (χ3n) is 5.28. The molecule has 0 fully saturated rings. The smallest absolute Gasteiger partial charge is 0.326 e. The second-order valence-corrected chi connectivity index (χ2v) is 8.10. The summed E-state index contributed by atoms with van der Waals surface area (Å²) in [5.74, 6) is -3.10. The molecule has 3 unspecified atom stereocenters. The van der Waals surface area contributed by atoms with Crippen molar-refractivity contribution in [2.75, 3.05) is 6.54 Å². The van der Waals surface area contributed by atoms with Crippen LogP contribution in [0.3, 0.4) is 0 Å². The average molecular weight is 497 g/mol. The lowest BCUT2D eigenvalue weighted by Crippen LogP contribution is -2.55. The summed E-state index contributed by atoms with van der Waals surface area (Å²) in [4.78, 5) is 63.0. The molecular weight excluding hydrogens is 468 g/mol. The summed E-state index contributed by atoms with van der Waals surface area (Å²) in [7, 11) is 0. The summed E-state index contributed by atoms with van der Waals surface area (Å²) in [5.41, 5.74) is 7.81. The molecule has 3 atom stereocenters. The fourth-order valence-corrected chi connectivity index (χ4v) is 3.42. The van der Waals surface area contributed by atoms with Crippen LogP contribution in [0, 0.1) is 0 Å². The molecule has 0 spiro atoms. The quantitative estimate of drug-likeness (QED) is 0.150. The first-order valence-electron chi connectivity index (χ1n) is 11.2. The van der Waals surface area contributed by atoms with E-state index in [0.29, 0.717) is 11.4 Å². The minimum absolute atomic E-state index is 0.0303. The van der Waals surface area contributed by atoms with Crippen molar-refractivity contribution in [1.82, 2.24) is 35.9 Å². The topological polar surface area (TPSA) is 208 Å². The lowest BCUT2D eigenvalue weighted by molar-refractivity contribution is -0.142. The number of carbonyl (C=O) groups is 4. The van der Waals surface area contributed by atoms with E-state index in [1.54, 1.807) is 36.5 Å². The van der Waals surface area contributed by atoms with Crippen LogP contribution < -0.4 is 21.7 Å². The minimum atomic E-state index is -1.21. The molecule has 0 aliphatic heterocycles. The number of benzene rings is 1. The van der Waals surface area contributed by atoms with E-state index < -0.39 is 48.4 Å². The first-order chi connectivity index (χ1) is 17.3. The van der Waals surface area contributed by atoms with E-state index in [2.05, 4.69) is 35.9 Å². The monoisotopic (exact) mass is 496 g/mol. The number of aliphatic carboxylic acids is 1. The second kappa shape index (κ2) is 12.8. The van der Waals surface area contributed by atoms with Gasteiger partial charge in [-0.15, -0.1) is 0 Å². The van der Waals surface area contributed by atoms with Gasteiger partial charge < -0.3 is 36.8 Å². The predicted octanol–water partition coefficient (Wildman–Crippen LogP) is -1.34. The van der Waals surface area contributed by atoms with Gasteiger partial charge in [-0.25, -0.2) is 14.8 Å². The Labute approximate surface area is 206 Å². The van der Waals surface area contributed by atoms with Gasteiger partial charge in [-0.2, -0.15) is 0 Å². The number of hydrogen-bond acceptors (Lipinski definition) is 7. The van der Waals surface area contributed by atoms with Crippen molar-refractivity contribution in [3.63, 3.8) is 0 Å². The number of carboxylic acids is 1. The summed E-state index contributed by atoms with van der Waals surface area (Å²) in [5, 5.41) is 17.1. The van der Waals surface area contributed by atoms with Gasteiger partial charge >= 0.3 is 5.97 Å². The summed E-state index contributed by atoms with van der Waals surface area (Å²) < 4.78 is 0. The highest BCUT2D eigenvalue weighted by Gasteiger charge is 2.27. The Morgan fingerprint density at radius 2 is 1.50 bits per heavy atom. The van der Waals surface area contributed by atoms with E-state index in [0.717, 1.165) is 5.56 Å². The first kappa shape index (κ1) is 26.1. The fourth-order valence-electron chi connectivity index (χ4n) is 3.42. The molecule has 0 aliphatic carbocycles. The summed E-state index contributed by atoms with van der Waals surface area (Å²) in [6, 6.07) is 5.62. The highest BCUT2D eigenvalue weighted by atomic mass is 16.4. The van der Waals surface area contributed by atoms with Gasteiger partial charge in [0.1, 0.15) is 12.1 Å². The molecule has 0 bridgehead atoms.